The maximum atomic E-state index is 6.72. The fourth-order valence-corrected chi connectivity index (χ4v) is 29.5. The van der Waals surface area contributed by atoms with Crippen molar-refractivity contribution in [1.82, 2.24) is 0 Å². The Kier molecular flexibility index (Phi) is 8.42. The van der Waals surface area contributed by atoms with E-state index in [1.807, 2.05) is 60.7 Å². The van der Waals surface area contributed by atoms with Gasteiger partial charge in [0.05, 0.1) is 0 Å². The molecule has 134 valence electrons. The van der Waals surface area contributed by atoms with Crippen molar-refractivity contribution >= 4 is 40.3 Å². The molecule has 0 aromatic heterocycles. The van der Waals surface area contributed by atoms with Crippen LogP contribution in [0.25, 0.3) is 0 Å². The van der Waals surface area contributed by atoms with Gasteiger partial charge in [-0.1, -0.05) is 0 Å². The molecule has 0 fully saturated rings. The first kappa shape index (κ1) is 20.9. The third-order valence-electron chi connectivity index (χ3n) is 4.49. The van der Waals surface area contributed by atoms with Crippen molar-refractivity contribution in [3.63, 3.8) is 0 Å². The molecule has 0 saturated heterocycles. The molecule has 0 aliphatic heterocycles. The van der Waals surface area contributed by atoms with E-state index in [0.717, 1.165) is 20.4 Å². The first-order chi connectivity index (χ1) is 12.1. The number of ether oxygens (including phenoxy) is 2. The van der Waals surface area contributed by atoms with Crippen LogP contribution in [-0.4, -0.2) is 44.2 Å². The molecule has 0 N–H and O–H groups in total. The van der Waals surface area contributed by atoms with Gasteiger partial charge in [0.2, 0.25) is 0 Å². The molecule has 5 heteroatoms. The van der Waals surface area contributed by atoms with Gasteiger partial charge in [-0.3, -0.25) is 0 Å². The van der Waals surface area contributed by atoms with Gasteiger partial charge < -0.3 is 0 Å². The Bertz CT molecular complexity index is 574. The van der Waals surface area contributed by atoms with Crippen molar-refractivity contribution in [1.29, 1.82) is 0 Å². The first-order valence-corrected chi connectivity index (χ1v) is 18.8. The molecule has 2 aromatic rings. The van der Waals surface area contributed by atoms with Crippen LogP contribution >= 0.6 is 0 Å². The molecular weight excluding hydrogens is 526 g/mol. The topological polar surface area (TPSA) is 27.7 Å². The Labute approximate surface area is 167 Å². The summed E-state index contributed by atoms with van der Waals surface area (Å²) in [5, 5.41) is 0. The van der Waals surface area contributed by atoms with Crippen LogP contribution in [0.15, 0.2) is 60.7 Å². The Balaban J connectivity index is 2.41. The molecule has 0 heterocycles. The Hall–Kier alpha value is -0.403. The molecule has 0 bridgehead atoms. The summed E-state index contributed by atoms with van der Waals surface area (Å²) in [4.78, 5) is 0. The second-order valence-corrected chi connectivity index (χ2v) is 25.7. The fraction of sp³-hybridized carbons (Fsp3) is 0.400. The van der Waals surface area contributed by atoms with Gasteiger partial charge in [-0.05, 0) is 0 Å². The summed E-state index contributed by atoms with van der Waals surface area (Å²) < 4.78 is 22.3. The predicted molar refractivity (Wildman–Crippen MR) is 107 cm³/mol. The summed E-state index contributed by atoms with van der Waals surface area (Å²) in [5.74, 6) is 1.68. The fourth-order valence-electron chi connectivity index (χ4n) is 2.97. The second-order valence-electron chi connectivity index (χ2n) is 6.08. The van der Waals surface area contributed by atoms with Gasteiger partial charge >= 0.3 is 168 Å². The number of rotatable bonds is 10. The summed E-state index contributed by atoms with van der Waals surface area (Å²) in [6.45, 7) is 8.82. The van der Waals surface area contributed by atoms with Crippen molar-refractivity contribution < 1.29 is 10.9 Å². The van der Waals surface area contributed by atoms with Crippen molar-refractivity contribution in [3.05, 3.63) is 60.7 Å². The van der Waals surface area contributed by atoms with Crippen LogP contribution in [0, 0.1) is 0 Å². The number of hydrogen-bond acceptors (Lipinski definition) is 3. The van der Waals surface area contributed by atoms with E-state index in [2.05, 4.69) is 27.7 Å². The minimum absolute atomic E-state index is 0.698. The zero-order chi connectivity index (χ0) is 18.2. The molecule has 0 spiro atoms. The van der Waals surface area contributed by atoms with E-state index < -0.39 is 44.2 Å². The minimum atomic E-state index is -3.16. The van der Waals surface area contributed by atoms with E-state index in [1.54, 1.807) is 0 Å². The SMILES string of the molecule is C[CH2][Sn][O][Sn]([CH2]C)([CH2]C)[C](C)(Oc1ccccc1)Oc1ccccc1. The monoisotopic (exact) mass is 556 g/mol. The van der Waals surface area contributed by atoms with Crippen LogP contribution in [0.3, 0.4) is 0 Å². The van der Waals surface area contributed by atoms with Crippen molar-refractivity contribution in [2.45, 2.75) is 44.8 Å². The van der Waals surface area contributed by atoms with E-state index in [1.165, 1.54) is 4.44 Å². The van der Waals surface area contributed by atoms with E-state index >= 15 is 0 Å². The molecule has 25 heavy (non-hydrogen) atoms. The van der Waals surface area contributed by atoms with Gasteiger partial charge in [0.15, 0.2) is 0 Å². The van der Waals surface area contributed by atoms with Crippen LogP contribution in [-0.2, 0) is 1.41 Å². The number of para-hydroxylation sites is 2. The second kappa shape index (κ2) is 10.1. The normalized spacial score (nSPS) is 12.0. The molecular formula is C20H28O3Sn2. The van der Waals surface area contributed by atoms with E-state index in [9.17, 15) is 0 Å². The van der Waals surface area contributed by atoms with Gasteiger partial charge in [-0.25, -0.2) is 0 Å². The van der Waals surface area contributed by atoms with Gasteiger partial charge in [0.1, 0.15) is 0 Å². The van der Waals surface area contributed by atoms with Gasteiger partial charge in [0, 0.05) is 0 Å². The predicted octanol–water partition coefficient (Wildman–Crippen LogP) is 5.46. The van der Waals surface area contributed by atoms with Crippen LogP contribution < -0.4 is 9.47 Å². The Morgan fingerprint density at radius 2 is 1.24 bits per heavy atom. The molecule has 0 aliphatic rings. The van der Waals surface area contributed by atoms with Crippen molar-refractivity contribution in [2.75, 3.05) is 0 Å². The van der Waals surface area contributed by atoms with Crippen LogP contribution in [0.5, 0.6) is 11.5 Å². The van der Waals surface area contributed by atoms with Crippen molar-refractivity contribution in [2.24, 2.45) is 0 Å². The molecule has 3 nitrogen and oxygen atoms in total. The molecule has 2 radical (unpaired) electrons. The van der Waals surface area contributed by atoms with Crippen molar-refractivity contribution in [3.8, 4) is 11.5 Å². The average Bonchev–Trinajstić information content (AvgIpc) is 2.64. The molecule has 0 atom stereocenters. The average molecular weight is 554 g/mol. The Morgan fingerprint density at radius 1 is 0.800 bits per heavy atom. The summed E-state index contributed by atoms with van der Waals surface area (Å²) >= 11 is -3.98. The molecule has 2 rings (SSSR count). The third-order valence-corrected chi connectivity index (χ3v) is 28.9. The van der Waals surface area contributed by atoms with Gasteiger partial charge in [0.25, 0.3) is 0 Å². The zero-order valence-corrected chi connectivity index (χ0v) is 21.3. The van der Waals surface area contributed by atoms with E-state index in [4.69, 9.17) is 10.9 Å². The van der Waals surface area contributed by atoms with Crippen LogP contribution in [0.4, 0.5) is 0 Å². The van der Waals surface area contributed by atoms with Gasteiger partial charge in [-0.2, -0.15) is 0 Å². The summed E-state index contributed by atoms with van der Waals surface area (Å²) in [6, 6.07) is 20.0. The molecule has 0 aliphatic carbocycles. The van der Waals surface area contributed by atoms with Crippen LogP contribution in [0.2, 0.25) is 13.3 Å². The third kappa shape index (κ3) is 5.29. The summed E-state index contributed by atoms with van der Waals surface area (Å²) in [6.07, 6.45) is 0. The zero-order valence-electron chi connectivity index (χ0n) is 15.6. The maximum absolute atomic E-state index is 6.72. The molecule has 2 aromatic carbocycles. The van der Waals surface area contributed by atoms with Crippen LogP contribution in [0.1, 0.15) is 27.7 Å². The Morgan fingerprint density at radius 3 is 1.60 bits per heavy atom. The molecule has 0 amide bonds. The number of benzene rings is 2. The molecule has 0 unspecified atom stereocenters. The van der Waals surface area contributed by atoms with E-state index in [0.29, 0.717) is 0 Å². The summed E-state index contributed by atoms with van der Waals surface area (Å²) in [5.41, 5.74) is 0. The standard InChI is InChI=1S/C14H13O2.3C2H5.O.2Sn/c1-12(15-13-8-4-2-5-9-13)16-14-10-6-3-7-11-14;3*1-2;;;/h2-11H,1H3;3*1H2,2H3;;;. The summed E-state index contributed by atoms with van der Waals surface area (Å²) in [7, 11) is 0. The molecule has 0 saturated carbocycles. The van der Waals surface area contributed by atoms with Gasteiger partial charge in [-0.15, -0.1) is 0 Å². The number of hydrogen-bond donors (Lipinski definition) is 0. The van der Waals surface area contributed by atoms with E-state index in [-0.39, 0.29) is 0 Å². The first-order valence-electron chi connectivity index (χ1n) is 8.98. The quantitative estimate of drug-likeness (QED) is 0.289.